The highest BCUT2D eigenvalue weighted by molar-refractivity contribution is 6.30. The minimum atomic E-state index is -1.59. The second-order valence-electron chi connectivity index (χ2n) is 10.8. The molecule has 0 aliphatic heterocycles. The third kappa shape index (κ3) is 5.49. The van der Waals surface area contributed by atoms with E-state index in [1.807, 2.05) is 59.3 Å². The van der Waals surface area contributed by atoms with Crippen LogP contribution in [0.1, 0.15) is 42.4 Å². The van der Waals surface area contributed by atoms with Crippen LogP contribution in [0.5, 0.6) is 0 Å². The SMILES string of the molecule is CCCCc1nc(Cl)c([C@@](N)(Cc2c[nH]c3ccccc23)C(=O)OC)n1Cc1ccc(-c2ccccc2-c2nn[nH]n2)cc1. The van der Waals surface area contributed by atoms with Gasteiger partial charge in [-0.2, -0.15) is 5.21 Å². The number of nitrogens with zero attached hydrogens (tertiary/aromatic N) is 5. The number of ether oxygens (including phenoxy) is 1. The lowest BCUT2D eigenvalue weighted by Gasteiger charge is -2.28. The molecule has 10 nitrogen and oxygen atoms in total. The first kappa shape index (κ1) is 29.3. The molecule has 224 valence electrons. The number of rotatable bonds is 11. The van der Waals surface area contributed by atoms with Crippen LogP contribution in [0.25, 0.3) is 33.4 Å². The highest BCUT2D eigenvalue weighted by Gasteiger charge is 2.44. The van der Waals surface area contributed by atoms with Crippen molar-refractivity contribution in [3.05, 3.63) is 107 Å². The first-order valence-corrected chi connectivity index (χ1v) is 14.9. The van der Waals surface area contributed by atoms with Crippen LogP contribution in [0.2, 0.25) is 5.15 Å². The van der Waals surface area contributed by atoms with E-state index in [0.717, 1.165) is 57.4 Å². The number of fused-ring (bicyclic) bond motifs is 1. The zero-order chi connectivity index (χ0) is 30.7. The Morgan fingerprint density at radius 2 is 1.80 bits per heavy atom. The van der Waals surface area contributed by atoms with Crippen LogP contribution in [0.3, 0.4) is 0 Å². The third-order valence-corrected chi connectivity index (χ3v) is 8.26. The highest BCUT2D eigenvalue weighted by atomic mass is 35.5. The fourth-order valence-electron chi connectivity index (χ4n) is 5.78. The molecule has 0 aliphatic carbocycles. The summed E-state index contributed by atoms with van der Waals surface area (Å²) < 4.78 is 7.29. The van der Waals surface area contributed by atoms with Gasteiger partial charge in [0, 0.05) is 42.0 Å². The van der Waals surface area contributed by atoms with E-state index < -0.39 is 11.5 Å². The fraction of sp³-hybridized carbons (Fsp3) is 0.242. The maximum Gasteiger partial charge on any atom is 0.332 e. The molecule has 0 radical (unpaired) electrons. The number of benzene rings is 3. The van der Waals surface area contributed by atoms with E-state index in [1.165, 1.54) is 7.11 Å². The van der Waals surface area contributed by atoms with E-state index in [9.17, 15) is 4.79 Å². The number of halogens is 1. The molecule has 0 saturated carbocycles. The summed E-state index contributed by atoms with van der Waals surface area (Å²) in [6, 6.07) is 24.1. The molecule has 4 N–H and O–H groups in total. The van der Waals surface area contributed by atoms with E-state index in [0.29, 0.717) is 24.5 Å². The standard InChI is InChI=1S/C33H33ClN8O2/c1-3-4-13-28-37-30(34)29(33(35,32(43)44-2)18-23-19-36-27-12-8-7-10-25(23)27)42(28)20-21-14-16-22(17-15-21)24-9-5-6-11-26(24)31-38-40-41-39-31/h5-12,14-17,19,36H,3-4,13,18,20,35H2,1-2H3,(H,38,39,40,41)/t33-/m0/s1. The van der Waals surface area contributed by atoms with E-state index >= 15 is 0 Å². The van der Waals surface area contributed by atoms with Gasteiger partial charge < -0.3 is 20.0 Å². The lowest BCUT2D eigenvalue weighted by atomic mass is 9.88. The van der Waals surface area contributed by atoms with Gasteiger partial charge in [0.05, 0.1) is 12.8 Å². The maximum absolute atomic E-state index is 13.5. The van der Waals surface area contributed by atoms with Gasteiger partial charge in [-0.1, -0.05) is 91.7 Å². The second-order valence-corrected chi connectivity index (χ2v) is 11.2. The Kier molecular flexibility index (Phi) is 8.28. The van der Waals surface area contributed by atoms with Gasteiger partial charge in [0.15, 0.2) is 10.7 Å². The number of methoxy groups -OCH3 is 1. The Morgan fingerprint density at radius 1 is 1.05 bits per heavy atom. The molecule has 0 spiro atoms. The van der Waals surface area contributed by atoms with Crippen molar-refractivity contribution < 1.29 is 9.53 Å². The number of H-pyrrole nitrogens is 2. The lowest BCUT2D eigenvalue weighted by molar-refractivity contribution is -0.147. The quantitative estimate of drug-likeness (QED) is 0.157. The van der Waals surface area contributed by atoms with Gasteiger partial charge >= 0.3 is 5.97 Å². The summed E-state index contributed by atoms with van der Waals surface area (Å²) >= 11 is 6.86. The minimum Gasteiger partial charge on any atom is -0.467 e. The number of nitrogens with one attached hydrogen (secondary N) is 2. The normalized spacial score (nSPS) is 12.8. The number of carbonyl (C=O) groups excluding carboxylic acids is 1. The third-order valence-electron chi connectivity index (χ3n) is 7.99. The molecule has 6 aromatic rings. The Labute approximate surface area is 259 Å². The van der Waals surface area contributed by atoms with Crippen LogP contribution in [-0.4, -0.2) is 48.2 Å². The monoisotopic (exact) mass is 608 g/mol. The highest BCUT2D eigenvalue weighted by Crippen LogP contribution is 2.35. The Bertz CT molecular complexity index is 1900. The summed E-state index contributed by atoms with van der Waals surface area (Å²) in [6.07, 6.45) is 4.64. The number of hydrogen-bond acceptors (Lipinski definition) is 7. The van der Waals surface area contributed by atoms with Crippen LogP contribution in [-0.2, 0) is 34.5 Å². The number of esters is 1. The molecule has 3 aromatic heterocycles. The molecule has 0 fully saturated rings. The van der Waals surface area contributed by atoms with Gasteiger partial charge in [-0.3, -0.25) is 0 Å². The molecular weight excluding hydrogens is 576 g/mol. The van der Waals surface area contributed by atoms with Crippen molar-refractivity contribution in [1.82, 2.24) is 35.2 Å². The molecule has 1 atom stereocenters. The number of unbranched alkanes of at least 4 members (excludes halogenated alkanes) is 1. The van der Waals surface area contributed by atoms with Crippen molar-refractivity contribution in [2.45, 2.75) is 44.7 Å². The molecule has 0 unspecified atom stereocenters. The van der Waals surface area contributed by atoms with Crippen LogP contribution in [0.15, 0.2) is 79.0 Å². The molecule has 3 heterocycles. The topological polar surface area (TPSA) is 140 Å². The predicted molar refractivity (Wildman–Crippen MR) is 170 cm³/mol. The lowest BCUT2D eigenvalue weighted by Crippen LogP contribution is -2.49. The second kappa shape index (κ2) is 12.4. The Balaban J connectivity index is 1.40. The van der Waals surface area contributed by atoms with Crippen molar-refractivity contribution in [2.75, 3.05) is 7.11 Å². The van der Waals surface area contributed by atoms with Crippen LogP contribution >= 0.6 is 11.6 Å². The molecule has 0 amide bonds. The molecule has 44 heavy (non-hydrogen) atoms. The fourth-order valence-corrected chi connectivity index (χ4v) is 6.15. The molecule has 0 bridgehead atoms. The average molecular weight is 609 g/mol. The molecule has 6 rings (SSSR count). The number of tetrazole rings is 1. The summed E-state index contributed by atoms with van der Waals surface area (Å²) in [7, 11) is 1.34. The summed E-state index contributed by atoms with van der Waals surface area (Å²) in [6.45, 7) is 2.55. The Hall–Kier alpha value is -4.80. The van der Waals surface area contributed by atoms with E-state index in [-0.39, 0.29) is 11.6 Å². The van der Waals surface area contributed by atoms with Crippen molar-refractivity contribution in [3.63, 3.8) is 0 Å². The zero-order valence-corrected chi connectivity index (χ0v) is 25.3. The minimum absolute atomic E-state index is 0.175. The van der Waals surface area contributed by atoms with Gasteiger partial charge in [0.1, 0.15) is 5.82 Å². The van der Waals surface area contributed by atoms with E-state index in [4.69, 9.17) is 27.1 Å². The molecule has 0 aliphatic rings. The first-order valence-electron chi connectivity index (χ1n) is 14.5. The zero-order valence-electron chi connectivity index (χ0n) is 24.5. The van der Waals surface area contributed by atoms with Gasteiger partial charge in [0.2, 0.25) is 5.82 Å². The number of carbonyl (C=O) groups is 1. The van der Waals surface area contributed by atoms with E-state index in [2.05, 4.69) is 56.8 Å². The summed E-state index contributed by atoms with van der Waals surface area (Å²) in [4.78, 5) is 21.5. The number of imidazole rings is 1. The van der Waals surface area contributed by atoms with Crippen LogP contribution in [0, 0.1) is 0 Å². The van der Waals surface area contributed by atoms with E-state index in [1.54, 1.807) is 0 Å². The maximum atomic E-state index is 13.5. The smallest absolute Gasteiger partial charge is 0.332 e. The number of aromatic amines is 2. The number of hydrogen-bond donors (Lipinski definition) is 3. The Morgan fingerprint density at radius 3 is 2.52 bits per heavy atom. The van der Waals surface area contributed by atoms with Crippen LogP contribution in [0.4, 0.5) is 0 Å². The number of nitrogens with two attached hydrogens (primary N) is 1. The molecule has 0 saturated heterocycles. The van der Waals surface area contributed by atoms with Crippen molar-refractivity contribution in [3.8, 4) is 22.5 Å². The van der Waals surface area contributed by atoms with Crippen molar-refractivity contribution in [2.24, 2.45) is 5.73 Å². The van der Waals surface area contributed by atoms with Crippen molar-refractivity contribution >= 4 is 28.5 Å². The molecular formula is C33H33ClN8O2. The molecule has 11 heteroatoms. The predicted octanol–water partition coefficient (Wildman–Crippen LogP) is 5.83. The van der Waals surface area contributed by atoms with Gasteiger partial charge in [-0.25, -0.2) is 9.78 Å². The summed E-state index contributed by atoms with van der Waals surface area (Å²) in [5.74, 6) is 0.720. The summed E-state index contributed by atoms with van der Waals surface area (Å²) in [5, 5.41) is 15.7. The van der Waals surface area contributed by atoms with Gasteiger partial charge in [-0.15, -0.1) is 10.2 Å². The number of para-hydroxylation sites is 1. The van der Waals surface area contributed by atoms with Gasteiger partial charge in [0.25, 0.3) is 0 Å². The first-order chi connectivity index (χ1) is 21.4. The molecule has 3 aromatic carbocycles. The average Bonchev–Trinajstić information content (AvgIpc) is 3.80. The number of aromatic nitrogens is 7. The van der Waals surface area contributed by atoms with Crippen LogP contribution < -0.4 is 5.73 Å². The van der Waals surface area contributed by atoms with Crippen molar-refractivity contribution in [1.29, 1.82) is 0 Å². The largest absolute Gasteiger partial charge is 0.467 e. The van der Waals surface area contributed by atoms with Gasteiger partial charge in [-0.05, 0) is 40.0 Å². The summed E-state index contributed by atoms with van der Waals surface area (Å²) in [5.41, 5.74) is 11.6. The number of aryl methyl sites for hydroxylation is 1.